The van der Waals surface area contributed by atoms with Crippen LogP contribution in [0.25, 0.3) is 0 Å². The predicted octanol–water partition coefficient (Wildman–Crippen LogP) is 4.08. The Kier molecular flexibility index (Phi) is 4.71. The molecule has 0 aliphatic rings. The Morgan fingerprint density at radius 1 is 1.23 bits per heavy atom. The number of hydrogen-bond donors (Lipinski definition) is 2. The van der Waals surface area contributed by atoms with Gasteiger partial charge in [-0.3, -0.25) is 4.79 Å². The second-order valence-corrected chi connectivity index (χ2v) is 5.57. The quantitative estimate of drug-likeness (QED) is 0.836. The lowest BCUT2D eigenvalue weighted by Crippen LogP contribution is -2.13. The van der Waals surface area contributed by atoms with E-state index in [4.69, 9.17) is 4.74 Å². The molecule has 2 aromatic rings. The minimum atomic E-state index is -0.206. The molecule has 0 unspecified atom stereocenters. The molecule has 0 saturated heterocycles. The number of anilines is 1. The molecule has 0 saturated carbocycles. The number of carbonyl (C=O) groups is 1. The van der Waals surface area contributed by atoms with Gasteiger partial charge in [-0.1, -0.05) is 19.9 Å². The molecule has 0 spiro atoms. The number of aryl methyl sites for hydroxylation is 1. The highest BCUT2D eigenvalue weighted by atomic mass is 16.5. The van der Waals surface area contributed by atoms with Crippen molar-refractivity contribution in [2.45, 2.75) is 26.7 Å². The summed E-state index contributed by atoms with van der Waals surface area (Å²) in [6, 6.07) is 10.5. The van der Waals surface area contributed by atoms with Gasteiger partial charge in [-0.15, -0.1) is 0 Å². The monoisotopic (exact) mass is 299 g/mol. The fraction of sp³-hybridized carbons (Fsp3) is 0.278. The first kappa shape index (κ1) is 15.9. The number of aromatic hydroxyl groups is 1. The number of methoxy groups -OCH3 is 1. The van der Waals surface area contributed by atoms with Gasteiger partial charge in [-0.05, 0) is 54.3 Å². The van der Waals surface area contributed by atoms with Crippen molar-refractivity contribution in [1.82, 2.24) is 0 Å². The smallest absolute Gasteiger partial charge is 0.255 e. The van der Waals surface area contributed by atoms with Crippen LogP contribution in [-0.4, -0.2) is 18.1 Å². The minimum absolute atomic E-state index is 0.174. The number of ether oxygens (including phenoxy) is 1. The maximum atomic E-state index is 12.4. The number of hydrogen-bond acceptors (Lipinski definition) is 3. The van der Waals surface area contributed by atoms with E-state index in [1.807, 2.05) is 26.8 Å². The Hall–Kier alpha value is -2.49. The van der Waals surface area contributed by atoms with Gasteiger partial charge in [0.1, 0.15) is 11.5 Å². The van der Waals surface area contributed by atoms with Crippen molar-refractivity contribution >= 4 is 11.6 Å². The lowest BCUT2D eigenvalue weighted by Gasteiger charge is -2.14. The molecule has 22 heavy (non-hydrogen) atoms. The molecular weight excluding hydrogens is 278 g/mol. The molecule has 0 bridgehead atoms. The second kappa shape index (κ2) is 6.52. The third-order valence-electron chi connectivity index (χ3n) is 3.58. The van der Waals surface area contributed by atoms with Gasteiger partial charge in [-0.2, -0.15) is 0 Å². The maximum Gasteiger partial charge on any atom is 0.255 e. The Morgan fingerprint density at radius 2 is 1.95 bits per heavy atom. The van der Waals surface area contributed by atoms with Gasteiger partial charge < -0.3 is 15.2 Å². The zero-order chi connectivity index (χ0) is 16.3. The molecule has 0 fully saturated rings. The molecule has 0 heterocycles. The van der Waals surface area contributed by atoms with Crippen LogP contribution in [0, 0.1) is 6.92 Å². The Bertz CT molecular complexity index is 693. The van der Waals surface area contributed by atoms with Crippen molar-refractivity contribution in [2.75, 3.05) is 12.4 Å². The van der Waals surface area contributed by atoms with Crippen LogP contribution in [-0.2, 0) is 0 Å². The third-order valence-corrected chi connectivity index (χ3v) is 3.58. The van der Waals surface area contributed by atoms with Crippen molar-refractivity contribution in [3.8, 4) is 11.5 Å². The molecule has 2 rings (SSSR count). The van der Waals surface area contributed by atoms with E-state index in [1.54, 1.807) is 37.4 Å². The molecule has 2 N–H and O–H groups in total. The highest BCUT2D eigenvalue weighted by molar-refractivity contribution is 6.05. The van der Waals surface area contributed by atoms with Crippen molar-refractivity contribution in [3.05, 3.63) is 53.1 Å². The van der Waals surface area contributed by atoms with Crippen LogP contribution in [0.2, 0.25) is 0 Å². The minimum Gasteiger partial charge on any atom is -0.508 e. The Morgan fingerprint density at radius 3 is 2.59 bits per heavy atom. The molecule has 4 heteroatoms. The van der Waals surface area contributed by atoms with Crippen molar-refractivity contribution in [2.24, 2.45) is 0 Å². The average molecular weight is 299 g/mol. The summed E-state index contributed by atoms with van der Waals surface area (Å²) in [5.74, 6) is 0.861. The van der Waals surface area contributed by atoms with Gasteiger partial charge in [0, 0.05) is 11.3 Å². The predicted molar refractivity (Wildman–Crippen MR) is 87.9 cm³/mol. The van der Waals surface area contributed by atoms with Gasteiger partial charge >= 0.3 is 0 Å². The molecule has 0 aliphatic carbocycles. The van der Waals surface area contributed by atoms with Gasteiger partial charge in [0.05, 0.1) is 7.11 Å². The van der Waals surface area contributed by atoms with E-state index in [1.165, 1.54) is 0 Å². The molecule has 4 nitrogen and oxygen atoms in total. The van der Waals surface area contributed by atoms with Crippen LogP contribution in [0.4, 0.5) is 5.69 Å². The maximum absolute atomic E-state index is 12.4. The zero-order valence-corrected chi connectivity index (χ0v) is 13.3. The van der Waals surface area contributed by atoms with Gasteiger partial charge in [0.2, 0.25) is 0 Å². The molecule has 0 aromatic heterocycles. The molecular formula is C18H21NO3. The number of carbonyl (C=O) groups excluding carboxylic acids is 1. The summed E-state index contributed by atoms with van der Waals surface area (Å²) in [4.78, 5) is 12.4. The third kappa shape index (κ3) is 3.39. The number of phenols is 1. The van der Waals surface area contributed by atoms with Gasteiger partial charge in [-0.25, -0.2) is 0 Å². The summed E-state index contributed by atoms with van der Waals surface area (Å²) in [5, 5.41) is 12.9. The number of rotatable bonds is 4. The summed E-state index contributed by atoms with van der Waals surface area (Å²) in [6.45, 7) is 5.85. The van der Waals surface area contributed by atoms with E-state index in [9.17, 15) is 9.90 Å². The van der Waals surface area contributed by atoms with E-state index in [0.29, 0.717) is 17.0 Å². The molecule has 2 aromatic carbocycles. The first-order valence-corrected chi connectivity index (χ1v) is 7.21. The van der Waals surface area contributed by atoms with E-state index in [0.717, 1.165) is 11.1 Å². The van der Waals surface area contributed by atoms with Crippen LogP contribution in [0.1, 0.15) is 41.3 Å². The van der Waals surface area contributed by atoms with Crippen LogP contribution in [0.5, 0.6) is 11.5 Å². The van der Waals surface area contributed by atoms with Crippen molar-refractivity contribution in [1.29, 1.82) is 0 Å². The van der Waals surface area contributed by atoms with Crippen LogP contribution >= 0.6 is 0 Å². The van der Waals surface area contributed by atoms with E-state index >= 15 is 0 Å². The molecule has 0 radical (unpaired) electrons. The lowest BCUT2D eigenvalue weighted by molar-refractivity contribution is 0.102. The number of benzene rings is 2. The molecule has 1 amide bonds. The summed E-state index contributed by atoms with van der Waals surface area (Å²) in [6.07, 6.45) is 0. The summed E-state index contributed by atoms with van der Waals surface area (Å²) in [5.41, 5.74) is 2.86. The first-order chi connectivity index (χ1) is 10.4. The highest BCUT2D eigenvalue weighted by Crippen LogP contribution is 2.31. The van der Waals surface area contributed by atoms with Crippen LogP contribution in [0.3, 0.4) is 0 Å². The fourth-order valence-corrected chi connectivity index (χ4v) is 2.27. The molecule has 0 atom stereocenters. The average Bonchev–Trinajstić information content (AvgIpc) is 2.49. The van der Waals surface area contributed by atoms with E-state index < -0.39 is 0 Å². The van der Waals surface area contributed by atoms with Gasteiger partial charge in [0.25, 0.3) is 5.91 Å². The largest absolute Gasteiger partial charge is 0.508 e. The van der Waals surface area contributed by atoms with Gasteiger partial charge in [0.15, 0.2) is 0 Å². The van der Waals surface area contributed by atoms with Crippen LogP contribution in [0.15, 0.2) is 36.4 Å². The van der Waals surface area contributed by atoms with Crippen molar-refractivity contribution in [3.63, 3.8) is 0 Å². The molecule has 0 aliphatic heterocycles. The van der Waals surface area contributed by atoms with Crippen molar-refractivity contribution < 1.29 is 14.6 Å². The molecule has 116 valence electrons. The standard InChI is InChI=1S/C18H21NO3/c1-11(2)15-10-16(12(3)8-17(15)20)19-18(21)13-6-5-7-14(9-13)22-4/h5-11,20H,1-4H3,(H,19,21). The lowest BCUT2D eigenvalue weighted by atomic mass is 9.99. The SMILES string of the molecule is COc1cccc(C(=O)Nc2cc(C(C)C)c(O)cc2C)c1. The fourth-order valence-electron chi connectivity index (χ4n) is 2.27. The Labute approximate surface area is 130 Å². The topological polar surface area (TPSA) is 58.6 Å². The summed E-state index contributed by atoms with van der Waals surface area (Å²) < 4.78 is 5.13. The van der Waals surface area contributed by atoms with Crippen LogP contribution < -0.4 is 10.1 Å². The summed E-state index contributed by atoms with van der Waals surface area (Å²) in [7, 11) is 1.57. The number of amides is 1. The zero-order valence-electron chi connectivity index (χ0n) is 13.3. The normalized spacial score (nSPS) is 10.6. The van der Waals surface area contributed by atoms with E-state index in [2.05, 4.69) is 5.32 Å². The Balaban J connectivity index is 2.29. The number of phenolic OH excluding ortho intramolecular Hbond substituents is 1. The summed E-state index contributed by atoms with van der Waals surface area (Å²) >= 11 is 0. The highest BCUT2D eigenvalue weighted by Gasteiger charge is 2.13. The van der Waals surface area contributed by atoms with E-state index in [-0.39, 0.29) is 17.6 Å². The number of nitrogens with one attached hydrogen (secondary N) is 1. The second-order valence-electron chi connectivity index (χ2n) is 5.57. The first-order valence-electron chi connectivity index (χ1n) is 7.21.